The average molecular weight is 422 g/mol. The van der Waals surface area contributed by atoms with Crippen LogP contribution in [0, 0.1) is 12.7 Å². The summed E-state index contributed by atoms with van der Waals surface area (Å²) in [5.74, 6) is -1.29. The molecule has 8 nitrogen and oxygen atoms in total. The van der Waals surface area contributed by atoms with E-state index in [4.69, 9.17) is 4.74 Å². The van der Waals surface area contributed by atoms with Gasteiger partial charge >= 0.3 is 5.97 Å². The minimum absolute atomic E-state index is 0.106. The Kier molecular flexibility index (Phi) is 5.57. The van der Waals surface area contributed by atoms with Crippen molar-refractivity contribution in [3.05, 3.63) is 81.7 Å². The third kappa shape index (κ3) is 4.66. The third-order valence-corrected chi connectivity index (χ3v) is 4.80. The molecule has 0 radical (unpaired) electrons. The van der Waals surface area contributed by atoms with E-state index in [1.807, 2.05) is 13.0 Å². The SMILES string of the molecule is Cc1ccc2nc(COC(=O)C3=NN(Cc4ccc(F)cc4)C(=O)CC3)cc(=O)n2c1. The van der Waals surface area contributed by atoms with Crippen molar-refractivity contribution < 1.29 is 18.7 Å². The van der Waals surface area contributed by atoms with Gasteiger partial charge in [0.1, 0.15) is 23.8 Å². The van der Waals surface area contributed by atoms with Gasteiger partial charge in [-0.25, -0.2) is 19.2 Å². The van der Waals surface area contributed by atoms with E-state index in [9.17, 15) is 18.8 Å². The monoisotopic (exact) mass is 422 g/mol. The van der Waals surface area contributed by atoms with Crippen LogP contribution in [-0.4, -0.2) is 32.0 Å². The summed E-state index contributed by atoms with van der Waals surface area (Å²) in [4.78, 5) is 41.2. The van der Waals surface area contributed by atoms with Crippen LogP contribution in [0.5, 0.6) is 0 Å². The van der Waals surface area contributed by atoms with Gasteiger partial charge in [0.2, 0.25) is 5.91 Å². The molecule has 2 aromatic heterocycles. The van der Waals surface area contributed by atoms with E-state index in [2.05, 4.69) is 10.1 Å². The molecule has 158 valence electrons. The van der Waals surface area contributed by atoms with Crippen molar-refractivity contribution in [3.63, 3.8) is 0 Å². The normalized spacial score (nSPS) is 13.9. The average Bonchev–Trinajstić information content (AvgIpc) is 2.75. The van der Waals surface area contributed by atoms with Gasteiger partial charge in [0.15, 0.2) is 0 Å². The third-order valence-electron chi connectivity index (χ3n) is 4.80. The van der Waals surface area contributed by atoms with Gasteiger partial charge < -0.3 is 4.74 Å². The number of hydrogen-bond donors (Lipinski definition) is 0. The Balaban J connectivity index is 1.45. The summed E-state index contributed by atoms with van der Waals surface area (Å²) < 4.78 is 19.8. The maximum atomic E-state index is 13.1. The molecule has 0 bridgehead atoms. The largest absolute Gasteiger partial charge is 0.455 e. The molecule has 3 heterocycles. The molecule has 0 aliphatic carbocycles. The minimum Gasteiger partial charge on any atom is -0.455 e. The molecule has 9 heteroatoms. The van der Waals surface area contributed by atoms with Crippen LogP contribution in [0.2, 0.25) is 0 Å². The Morgan fingerprint density at radius 2 is 1.90 bits per heavy atom. The molecule has 1 amide bonds. The highest BCUT2D eigenvalue weighted by Gasteiger charge is 2.25. The van der Waals surface area contributed by atoms with Gasteiger partial charge in [-0.2, -0.15) is 5.10 Å². The molecule has 0 N–H and O–H groups in total. The van der Waals surface area contributed by atoms with Crippen molar-refractivity contribution in [2.24, 2.45) is 5.10 Å². The number of aromatic nitrogens is 2. The number of pyridine rings is 1. The van der Waals surface area contributed by atoms with E-state index in [1.165, 1.54) is 27.6 Å². The fraction of sp³-hybridized carbons (Fsp3) is 0.227. The van der Waals surface area contributed by atoms with Crippen LogP contribution in [0.1, 0.15) is 29.7 Å². The molecule has 0 unspecified atom stereocenters. The number of aryl methyl sites for hydroxylation is 1. The highest BCUT2D eigenvalue weighted by Crippen LogP contribution is 2.15. The summed E-state index contributed by atoms with van der Waals surface area (Å²) in [6.07, 6.45) is 1.96. The van der Waals surface area contributed by atoms with Crippen LogP contribution < -0.4 is 5.56 Å². The van der Waals surface area contributed by atoms with Gasteiger partial charge in [0.25, 0.3) is 5.56 Å². The summed E-state index contributed by atoms with van der Waals surface area (Å²) in [5, 5.41) is 5.29. The molecule has 1 aliphatic heterocycles. The molecule has 0 atom stereocenters. The van der Waals surface area contributed by atoms with Crippen LogP contribution in [0.25, 0.3) is 5.65 Å². The fourth-order valence-corrected chi connectivity index (χ4v) is 3.19. The van der Waals surface area contributed by atoms with Crippen molar-refractivity contribution in [1.82, 2.24) is 14.4 Å². The van der Waals surface area contributed by atoms with Gasteiger partial charge in [0, 0.05) is 25.1 Å². The molecule has 31 heavy (non-hydrogen) atoms. The molecule has 1 aromatic carbocycles. The van der Waals surface area contributed by atoms with E-state index in [0.29, 0.717) is 16.9 Å². The second-order valence-electron chi connectivity index (χ2n) is 7.22. The molecule has 0 fully saturated rings. The number of fused-ring (bicyclic) bond motifs is 1. The number of carbonyl (C=O) groups excluding carboxylic acids is 2. The number of ether oxygens (including phenoxy) is 1. The highest BCUT2D eigenvalue weighted by molar-refractivity contribution is 6.37. The Labute approximate surface area is 176 Å². The number of nitrogens with zero attached hydrogens (tertiary/aromatic N) is 4. The quantitative estimate of drug-likeness (QED) is 0.589. The molecular formula is C22H19FN4O4. The smallest absolute Gasteiger partial charge is 0.354 e. The maximum absolute atomic E-state index is 13.1. The maximum Gasteiger partial charge on any atom is 0.354 e. The molecule has 1 aliphatic rings. The Hall–Kier alpha value is -3.88. The first-order chi connectivity index (χ1) is 14.9. The lowest BCUT2D eigenvalue weighted by molar-refractivity contribution is -0.138. The summed E-state index contributed by atoms with van der Waals surface area (Å²) in [7, 11) is 0. The van der Waals surface area contributed by atoms with Crippen LogP contribution in [-0.2, 0) is 27.5 Å². The summed E-state index contributed by atoms with van der Waals surface area (Å²) in [6.45, 7) is 1.80. The fourth-order valence-electron chi connectivity index (χ4n) is 3.19. The molecule has 3 aromatic rings. The molecular weight excluding hydrogens is 403 g/mol. The van der Waals surface area contributed by atoms with Crippen molar-refractivity contribution in [2.75, 3.05) is 0 Å². The molecule has 0 saturated heterocycles. The minimum atomic E-state index is -0.678. The lowest BCUT2D eigenvalue weighted by atomic mass is 10.1. The van der Waals surface area contributed by atoms with Gasteiger partial charge in [-0.05, 0) is 36.2 Å². The number of hydrogen-bond acceptors (Lipinski definition) is 6. The zero-order valence-corrected chi connectivity index (χ0v) is 16.7. The molecule has 4 rings (SSSR count). The first-order valence-electron chi connectivity index (χ1n) is 9.67. The number of halogens is 1. The number of rotatable bonds is 5. The van der Waals surface area contributed by atoms with Crippen molar-refractivity contribution in [3.8, 4) is 0 Å². The van der Waals surface area contributed by atoms with Crippen molar-refractivity contribution in [2.45, 2.75) is 32.9 Å². The summed E-state index contributed by atoms with van der Waals surface area (Å²) in [6, 6.07) is 10.6. The predicted octanol–water partition coefficient (Wildman–Crippen LogP) is 2.36. The van der Waals surface area contributed by atoms with E-state index in [0.717, 1.165) is 5.56 Å². The number of benzene rings is 1. The summed E-state index contributed by atoms with van der Waals surface area (Å²) >= 11 is 0. The number of hydrazone groups is 1. The predicted molar refractivity (Wildman–Crippen MR) is 110 cm³/mol. The number of amides is 1. The zero-order chi connectivity index (χ0) is 22.0. The summed E-state index contributed by atoms with van der Waals surface area (Å²) in [5.41, 5.74) is 2.21. The Morgan fingerprint density at radius 1 is 1.13 bits per heavy atom. The van der Waals surface area contributed by atoms with E-state index >= 15 is 0 Å². The van der Waals surface area contributed by atoms with Crippen molar-refractivity contribution >= 4 is 23.2 Å². The van der Waals surface area contributed by atoms with Crippen LogP contribution in [0.15, 0.2) is 58.6 Å². The zero-order valence-electron chi connectivity index (χ0n) is 16.7. The Morgan fingerprint density at radius 3 is 2.68 bits per heavy atom. The van der Waals surface area contributed by atoms with Gasteiger partial charge in [-0.3, -0.25) is 14.0 Å². The van der Waals surface area contributed by atoms with Crippen LogP contribution >= 0.6 is 0 Å². The number of esters is 1. The second-order valence-corrected chi connectivity index (χ2v) is 7.22. The first kappa shape index (κ1) is 20.4. The van der Waals surface area contributed by atoms with E-state index < -0.39 is 5.97 Å². The Bertz CT molecular complexity index is 1250. The molecule has 0 spiro atoms. The van der Waals surface area contributed by atoms with Crippen LogP contribution in [0.4, 0.5) is 4.39 Å². The van der Waals surface area contributed by atoms with Gasteiger partial charge in [-0.1, -0.05) is 18.2 Å². The van der Waals surface area contributed by atoms with E-state index in [1.54, 1.807) is 24.4 Å². The van der Waals surface area contributed by atoms with Crippen molar-refractivity contribution in [1.29, 1.82) is 0 Å². The van der Waals surface area contributed by atoms with Gasteiger partial charge in [0.05, 0.1) is 12.2 Å². The van der Waals surface area contributed by atoms with Crippen LogP contribution in [0.3, 0.4) is 0 Å². The molecule has 0 saturated carbocycles. The second kappa shape index (κ2) is 8.47. The first-order valence-corrected chi connectivity index (χ1v) is 9.67. The lowest BCUT2D eigenvalue weighted by Crippen LogP contribution is -2.34. The van der Waals surface area contributed by atoms with E-state index in [-0.39, 0.29) is 49.0 Å². The number of carbonyl (C=O) groups is 2. The standard InChI is InChI=1S/C22H19FN4O4/c1-14-2-8-19-24-17(10-21(29)26(19)11-14)13-31-22(30)18-7-9-20(28)27(25-18)12-15-3-5-16(23)6-4-15/h2-6,8,10-11H,7,9,12-13H2,1H3. The lowest BCUT2D eigenvalue weighted by Gasteiger charge is -2.22. The topological polar surface area (TPSA) is 93.3 Å². The highest BCUT2D eigenvalue weighted by atomic mass is 19.1. The van der Waals surface area contributed by atoms with Gasteiger partial charge in [-0.15, -0.1) is 0 Å².